The van der Waals surface area contributed by atoms with Crippen LogP contribution in [0, 0.1) is 6.92 Å². The first kappa shape index (κ1) is 15.1. The van der Waals surface area contributed by atoms with Gasteiger partial charge in [0.25, 0.3) is 0 Å². The van der Waals surface area contributed by atoms with Crippen LogP contribution in [0.15, 0.2) is 48.5 Å². The molecule has 110 valence electrons. The molecule has 0 radical (unpaired) electrons. The summed E-state index contributed by atoms with van der Waals surface area (Å²) >= 11 is 0. The normalized spacial score (nSPS) is 10.3. The summed E-state index contributed by atoms with van der Waals surface area (Å²) in [5, 5.41) is 2.96. The zero-order valence-corrected chi connectivity index (χ0v) is 12.4. The van der Waals surface area contributed by atoms with Gasteiger partial charge in [0, 0.05) is 18.7 Å². The van der Waals surface area contributed by atoms with Crippen LogP contribution >= 0.6 is 0 Å². The van der Waals surface area contributed by atoms with Crippen molar-refractivity contribution in [3.05, 3.63) is 65.2 Å². The van der Waals surface area contributed by atoms with Gasteiger partial charge < -0.3 is 11.1 Å². The molecule has 2 rings (SSSR count). The van der Waals surface area contributed by atoms with Gasteiger partial charge in [0.1, 0.15) is 0 Å². The van der Waals surface area contributed by atoms with Gasteiger partial charge in [-0.2, -0.15) is 0 Å². The fraction of sp³-hybridized carbons (Fsp3) is 0.278. The topological polar surface area (TPSA) is 55.1 Å². The van der Waals surface area contributed by atoms with E-state index in [-0.39, 0.29) is 5.91 Å². The molecule has 0 atom stereocenters. The van der Waals surface area contributed by atoms with Gasteiger partial charge in [0.2, 0.25) is 5.91 Å². The molecule has 0 saturated heterocycles. The van der Waals surface area contributed by atoms with Crippen molar-refractivity contribution in [2.24, 2.45) is 0 Å². The first-order chi connectivity index (χ1) is 10.1. The molecule has 3 N–H and O–H groups in total. The van der Waals surface area contributed by atoms with Gasteiger partial charge in [-0.1, -0.05) is 48.0 Å². The lowest BCUT2D eigenvalue weighted by atomic mass is 10.1. The molecule has 3 nitrogen and oxygen atoms in total. The number of hydrogen-bond acceptors (Lipinski definition) is 2. The summed E-state index contributed by atoms with van der Waals surface area (Å²) in [4.78, 5) is 11.8. The summed E-state index contributed by atoms with van der Waals surface area (Å²) in [6, 6.07) is 16.1. The SMILES string of the molecule is Cc1ccc(CCNC(=O)CCc2ccccc2N)cc1. The molecule has 0 spiro atoms. The Morgan fingerprint density at radius 2 is 1.76 bits per heavy atom. The highest BCUT2D eigenvalue weighted by Crippen LogP contribution is 2.12. The van der Waals surface area contributed by atoms with E-state index in [9.17, 15) is 4.79 Å². The van der Waals surface area contributed by atoms with E-state index in [2.05, 4.69) is 36.5 Å². The number of amides is 1. The molecule has 0 heterocycles. The van der Waals surface area contributed by atoms with Gasteiger partial charge in [-0.3, -0.25) is 4.79 Å². The molecule has 0 fully saturated rings. The number of aryl methyl sites for hydroxylation is 2. The van der Waals surface area contributed by atoms with Gasteiger partial charge >= 0.3 is 0 Å². The molecule has 2 aromatic carbocycles. The number of anilines is 1. The molecular formula is C18H22N2O. The Morgan fingerprint density at radius 3 is 2.48 bits per heavy atom. The monoisotopic (exact) mass is 282 g/mol. The van der Waals surface area contributed by atoms with E-state index in [4.69, 9.17) is 5.73 Å². The number of para-hydroxylation sites is 1. The van der Waals surface area contributed by atoms with Crippen LogP contribution in [-0.4, -0.2) is 12.5 Å². The predicted octanol–water partition coefficient (Wildman–Crippen LogP) is 2.87. The lowest BCUT2D eigenvalue weighted by Crippen LogP contribution is -2.25. The van der Waals surface area contributed by atoms with Gasteiger partial charge in [-0.25, -0.2) is 0 Å². The number of carbonyl (C=O) groups excluding carboxylic acids is 1. The molecular weight excluding hydrogens is 260 g/mol. The van der Waals surface area contributed by atoms with Crippen LogP contribution in [0.4, 0.5) is 5.69 Å². The van der Waals surface area contributed by atoms with Crippen LogP contribution in [-0.2, 0) is 17.6 Å². The molecule has 0 aliphatic heterocycles. The summed E-state index contributed by atoms with van der Waals surface area (Å²) in [6.07, 6.45) is 2.02. The minimum Gasteiger partial charge on any atom is -0.399 e. The molecule has 1 amide bonds. The number of nitrogen functional groups attached to an aromatic ring is 1. The lowest BCUT2D eigenvalue weighted by Gasteiger charge is -2.07. The third-order valence-corrected chi connectivity index (χ3v) is 3.53. The van der Waals surface area contributed by atoms with Crippen LogP contribution < -0.4 is 11.1 Å². The molecule has 0 aliphatic carbocycles. The zero-order valence-electron chi connectivity index (χ0n) is 12.4. The highest BCUT2D eigenvalue weighted by Gasteiger charge is 2.04. The third kappa shape index (κ3) is 4.95. The standard InChI is InChI=1S/C18H22N2O/c1-14-6-8-15(9-7-14)12-13-20-18(21)11-10-16-4-2-3-5-17(16)19/h2-9H,10-13,19H2,1H3,(H,20,21). The highest BCUT2D eigenvalue weighted by molar-refractivity contribution is 5.76. The molecule has 0 aliphatic rings. The van der Waals surface area contributed by atoms with Gasteiger partial charge in [0.05, 0.1) is 0 Å². The van der Waals surface area contributed by atoms with Crippen molar-refractivity contribution in [3.63, 3.8) is 0 Å². The minimum atomic E-state index is 0.0744. The van der Waals surface area contributed by atoms with E-state index in [0.29, 0.717) is 19.4 Å². The first-order valence-corrected chi connectivity index (χ1v) is 7.31. The number of nitrogens with one attached hydrogen (secondary N) is 1. The summed E-state index contributed by atoms with van der Waals surface area (Å²) in [7, 11) is 0. The third-order valence-electron chi connectivity index (χ3n) is 3.53. The van der Waals surface area contributed by atoms with Crippen LogP contribution in [0.2, 0.25) is 0 Å². The molecule has 0 saturated carbocycles. The van der Waals surface area contributed by atoms with Crippen molar-refractivity contribution in [3.8, 4) is 0 Å². The number of hydrogen-bond donors (Lipinski definition) is 2. The summed E-state index contributed by atoms with van der Waals surface area (Å²) in [6.45, 7) is 2.74. The fourth-order valence-corrected chi connectivity index (χ4v) is 2.20. The number of carbonyl (C=O) groups is 1. The first-order valence-electron chi connectivity index (χ1n) is 7.31. The van der Waals surface area contributed by atoms with Crippen molar-refractivity contribution >= 4 is 11.6 Å². The Bertz CT molecular complexity index is 590. The number of benzene rings is 2. The van der Waals surface area contributed by atoms with E-state index in [0.717, 1.165) is 17.7 Å². The Balaban J connectivity index is 1.70. The van der Waals surface area contributed by atoms with E-state index < -0.39 is 0 Å². The number of rotatable bonds is 6. The molecule has 2 aromatic rings. The quantitative estimate of drug-likeness (QED) is 0.800. The summed E-state index contributed by atoms with van der Waals surface area (Å²) in [5.41, 5.74) is 10.1. The van der Waals surface area contributed by atoms with Crippen molar-refractivity contribution in [1.82, 2.24) is 5.32 Å². The van der Waals surface area contributed by atoms with Crippen molar-refractivity contribution in [2.75, 3.05) is 12.3 Å². The smallest absolute Gasteiger partial charge is 0.220 e. The average Bonchev–Trinajstić information content (AvgIpc) is 2.48. The van der Waals surface area contributed by atoms with E-state index in [1.807, 2.05) is 24.3 Å². The maximum absolute atomic E-state index is 11.8. The van der Waals surface area contributed by atoms with Crippen LogP contribution in [0.5, 0.6) is 0 Å². The van der Waals surface area contributed by atoms with Crippen molar-refractivity contribution in [1.29, 1.82) is 0 Å². The second-order valence-electron chi connectivity index (χ2n) is 5.28. The molecule has 3 heteroatoms. The second-order valence-corrected chi connectivity index (χ2v) is 5.28. The van der Waals surface area contributed by atoms with Crippen molar-refractivity contribution in [2.45, 2.75) is 26.2 Å². The maximum atomic E-state index is 11.8. The van der Waals surface area contributed by atoms with Gasteiger partial charge in [-0.15, -0.1) is 0 Å². The Kier molecular flexibility index (Phi) is 5.38. The summed E-state index contributed by atoms with van der Waals surface area (Å²) < 4.78 is 0. The maximum Gasteiger partial charge on any atom is 0.220 e. The summed E-state index contributed by atoms with van der Waals surface area (Å²) in [5.74, 6) is 0.0744. The molecule has 21 heavy (non-hydrogen) atoms. The number of nitrogens with two attached hydrogens (primary N) is 1. The lowest BCUT2D eigenvalue weighted by molar-refractivity contribution is -0.121. The van der Waals surface area contributed by atoms with Crippen molar-refractivity contribution < 1.29 is 4.79 Å². The Labute approximate surface area is 126 Å². The van der Waals surface area contributed by atoms with E-state index in [1.165, 1.54) is 11.1 Å². The minimum absolute atomic E-state index is 0.0744. The molecule has 0 unspecified atom stereocenters. The highest BCUT2D eigenvalue weighted by atomic mass is 16.1. The van der Waals surface area contributed by atoms with Crippen LogP contribution in [0.3, 0.4) is 0 Å². The molecule has 0 aromatic heterocycles. The predicted molar refractivity (Wildman–Crippen MR) is 87.1 cm³/mol. The molecule has 0 bridgehead atoms. The Hall–Kier alpha value is -2.29. The van der Waals surface area contributed by atoms with E-state index >= 15 is 0 Å². The average molecular weight is 282 g/mol. The Morgan fingerprint density at radius 1 is 1.05 bits per heavy atom. The largest absolute Gasteiger partial charge is 0.399 e. The van der Waals surface area contributed by atoms with E-state index in [1.54, 1.807) is 0 Å². The van der Waals surface area contributed by atoms with Crippen LogP contribution in [0.1, 0.15) is 23.1 Å². The fourth-order valence-electron chi connectivity index (χ4n) is 2.20. The second kappa shape index (κ2) is 7.48. The van der Waals surface area contributed by atoms with Crippen LogP contribution in [0.25, 0.3) is 0 Å². The van der Waals surface area contributed by atoms with Gasteiger partial charge in [0.15, 0.2) is 0 Å². The zero-order chi connectivity index (χ0) is 15.1. The van der Waals surface area contributed by atoms with Gasteiger partial charge in [-0.05, 0) is 37.0 Å².